The molecule has 0 unspecified atom stereocenters. The van der Waals surface area contributed by atoms with Crippen LogP contribution < -0.4 is 11.1 Å². The summed E-state index contributed by atoms with van der Waals surface area (Å²) < 4.78 is 32.4. The zero-order chi connectivity index (χ0) is 19.8. The van der Waals surface area contributed by atoms with Crippen LogP contribution in [-0.4, -0.2) is 30.0 Å². The number of nitrogens with two attached hydrogens (primary N) is 1. The van der Waals surface area contributed by atoms with Gasteiger partial charge in [0, 0.05) is 5.69 Å². The van der Waals surface area contributed by atoms with E-state index in [9.17, 15) is 27.7 Å². The number of hydrogen-bond donors (Lipinski definition) is 4. The first-order chi connectivity index (χ1) is 12.7. The van der Waals surface area contributed by atoms with E-state index >= 15 is 0 Å². The Morgan fingerprint density at radius 1 is 0.926 bits per heavy atom. The van der Waals surface area contributed by atoms with Crippen LogP contribution in [0.15, 0.2) is 59.5 Å². The Labute approximate surface area is 154 Å². The van der Waals surface area contributed by atoms with Gasteiger partial charge in [0.1, 0.15) is 4.90 Å². The molecule has 0 aliphatic rings. The van der Waals surface area contributed by atoms with E-state index in [0.29, 0.717) is 10.8 Å². The number of aromatic carboxylic acids is 1. The molecule has 0 bridgehead atoms. The average molecular weight is 386 g/mol. The van der Waals surface area contributed by atoms with Gasteiger partial charge < -0.3 is 16.2 Å². The number of amides is 1. The fourth-order valence-corrected chi connectivity index (χ4v) is 3.37. The molecule has 3 rings (SSSR count). The van der Waals surface area contributed by atoms with Gasteiger partial charge in [-0.15, -0.1) is 0 Å². The second kappa shape index (κ2) is 6.71. The van der Waals surface area contributed by atoms with Crippen molar-refractivity contribution in [3.05, 3.63) is 65.7 Å². The van der Waals surface area contributed by atoms with Crippen LogP contribution in [0.3, 0.4) is 0 Å². The van der Waals surface area contributed by atoms with Gasteiger partial charge in [0.05, 0.1) is 16.8 Å². The number of carboxylic acid groups (broad SMARTS) is 1. The number of nitrogens with one attached hydrogen (secondary N) is 1. The molecule has 5 N–H and O–H groups in total. The smallest absolute Gasteiger partial charge is 0.337 e. The summed E-state index contributed by atoms with van der Waals surface area (Å²) in [6, 6.07) is 13.2. The minimum absolute atomic E-state index is 0.00990. The van der Waals surface area contributed by atoms with E-state index in [-0.39, 0.29) is 22.5 Å². The minimum Gasteiger partial charge on any atom is -0.478 e. The Morgan fingerprint density at radius 3 is 2.15 bits per heavy atom. The lowest BCUT2D eigenvalue weighted by Crippen LogP contribution is -2.18. The molecule has 0 radical (unpaired) electrons. The fraction of sp³-hybridized carbons (Fsp3) is 0. The third-order valence-electron chi connectivity index (χ3n) is 3.89. The van der Waals surface area contributed by atoms with Gasteiger partial charge in [-0.2, -0.15) is 8.42 Å². The Balaban J connectivity index is 2.09. The predicted octanol–water partition coefficient (Wildman–Crippen LogP) is 2.62. The molecule has 8 nitrogen and oxygen atoms in total. The molecule has 0 saturated carbocycles. The molecule has 0 aliphatic heterocycles. The molecule has 0 spiro atoms. The predicted molar refractivity (Wildman–Crippen MR) is 99.5 cm³/mol. The van der Waals surface area contributed by atoms with E-state index in [1.54, 1.807) is 24.3 Å². The summed E-state index contributed by atoms with van der Waals surface area (Å²) in [6.07, 6.45) is 0. The van der Waals surface area contributed by atoms with Crippen LogP contribution in [0.25, 0.3) is 10.8 Å². The first-order valence-electron chi connectivity index (χ1n) is 7.61. The zero-order valence-corrected chi connectivity index (χ0v) is 14.5. The van der Waals surface area contributed by atoms with Crippen LogP contribution in [0.4, 0.5) is 11.4 Å². The highest BCUT2D eigenvalue weighted by Crippen LogP contribution is 2.26. The number of carboxylic acids is 1. The lowest BCUT2D eigenvalue weighted by molar-refractivity contribution is 0.0698. The zero-order valence-electron chi connectivity index (χ0n) is 13.7. The first kappa shape index (κ1) is 18.4. The van der Waals surface area contributed by atoms with Gasteiger partial charge in [-0.1, -0.05) is 24.3 Å². The van der Waals surface area contributed by atoms with Crippen LogP contribution in [-0.2, 0) is 10.1 Å². The summed E-state index contributed by atoms with van der Waals surface area (Å²) in [5, 5.41) is 13.2. The molecular formula is C18H14N2O6S. The van der Waals surface area contributed by atoms with Crippen LogP contribution in [0, 0.1) is 0 Å². The van der Waals surface area contributed by atoms with Crippen LogP contribution >= 0.6 is 0 Å². The molecule has 0 aromatic heterocycles. The third-order valence-corrected chi connectivity index (χ3v) is 4.79. The molecule has 3 aromatic carbocycles. The molecule has 0 saturated heterocycles. The Bertz CT molecular complexity index is 1190. The lowest BCUT2D eigenvalue weighted by Gasteiger charge is -2.12. The van der Waals surface area contributed by atoms with Crippen LogP contribution in [0.1, 0.15) is 20.7 Å². The van der Waals surface area contributed by atoms with Gasteiger partial charge in [0.2, 0.25) is 0 Å². The first-order valence-corrected chi connectivity index (χ1v) is 9.05. The van der Waals surface area contributed by atoms with E-state index in [2.05, 4.69) is 5.32 Å². The van der Waals surface area contributed by atoms with Crippen LogP contribution in [0.5, 0.6) is 0 Å². The SMILES string of the molecule is Nc1ccc(C(=O)Nc2cc3ccccc3cc2C(=O)O)c(S(=O)(=O)O)c1. The molecule has 0 heterocycles. The van der Waals surface area contributed by atoms with Crippen LogP contribution in [0.2, 0.25) is 0 Å². The number of benzene rings is 3. The number of hydrogen-bond acceptors (Lipinski definition) is 5. The molecule has 0 fully saturated rings. The molecule has 1 amide bonds. The second-order valence-electron chi connectivity index (χ2n) is 5.73. The maximum absolute atomic E-state index is 12.6. The summed E-state index contributed by atoms with van der Waals surface area (Å²) in [5.74, 6) is -2.16. The maximum Gasteiger partial charge on any atom is 0.337 e. The minimum atomic E-state index is -4.71. The van der Waals surface area contributed by atoms with E-state index in [0.717, 1.165) is 12.1 Å². The Morgan fingerprint density at radius 2 is 1.56 bits per heavy atom. The van der Waals surface area contributed by atoms with Crippen molar-refractivity contribution in [1.82, 2.24) is 0 Å². The van der Waals surface area contributed by atoms with E-state index in [1.807, 2.05) is 0 Å². The van der Waals surface area contributed by atoms with Crippen molar-refractivity contribution in [1.29, 1.82) is 0 Å². The van der Waals surface area contributed by atoms with E-state index < -0.39 is 26.9 Å². The van der Waals surface area contributed by atoms with Crippen molar-refractivity contribution < 1.29 is 27.7 Å². The highest BCUT2D eigenvalue weighted by atomic mass is 32.2. The molecule has 27 heavy (non-hydrogen) atoms. The number of nitrogen functional groups attached to an aromatic ring is 1. The standard InChI is InChI=1S/C18H14N2O6S/c19-12-5-6-13(16(9-12)27(24,25)26)17(21)20-15-8-11-4-2-1-3-10(11)7-14(15)18(22)23/h1-9H,19H2,(H,20,21)(H,22,23)(H,24,25,26). The summed E-state index contributed by atoms with van der Waals surface area (Å²) in [7, 11) is -4.71. The Kier molecular flexibility index (Phi) is 4.56. The van der Waals surface area contributed by atoms with E-state index in [1.165, 1.54) is 18.2 Å². The highest BCUT2D eigenvalue weighted by Gasteiger charge is 2.22. The number of carbonyl (C=O) groups is 2. The normalized spacial score (nSPS) is 11.3. The fourth-order valence-electron chi connectivity index (χ4n) is 2.65. The number of carbonyl (C=O) groups excluding carboxylic acids is 1. The summed E-state index contributed by atoms with van der Waals surface area (Å²) in [4.78, 5) is 23.5. The third kappa shape index (κ3) is 3.73. The van der Waals surface area contributed by atoms with Gasteiger partial charge in [-0.05, 0) is 41.1 Å². The summed E-state index contributed by atoms with van der Waals surface area (Å²) in [5.41, 5.74) is 5.02. The van der Waals surface area contributed by atoms with Gasteiger partial charge in [-0.3, -0.25) is 9.35 Å². The second-order valence-corrected chi connectivity index (χ2v) is 7.12. The van der Waals surface area contributed by atoms with Gasteiger partial charge >= 0.3 is 5.97 Å². The van der Waals surface area contributed by atoms with Gasteiger partial charge in [0.25, 0.3) is 16.0 Å². The summed E-state index contributed by atoms with van der Waals surface area (Å²) in [6.45, 7) is 0. The molecule has 9 heteroatoms. The topological polar surface area (TPSA) is 147 Å². The number of rotatable bonds is 4. The number of fused-ring (bicyclic) bond motifs is 1. The van der Waals surface area contributed by atoms with Crippen molar-refractivity contribution >= 4 is 44.1 Å². The van der Waals surface area contributed by atoms with Crippen molar-refractivity contribution in [3.8, 4) is 0 Å². The van der Waals surface area contributed by atoms with Gasteiger partial charge in [0.15, 0.2) is 0 Å². The quantitative estimate of drug-likeness (QED) is 0.398. The Hall–Kier alpha value is -3.43. The highest BCUT2D eigenvalue weighted by molar-refractivity contribution is 7.86. The number of anilines is 2. The van der Waals surface area contributed by atoms with E-state index in [4.69, 9.17) is 5.73 Å². The lowest BCUT2D eigenvalue weighted by atomic mass is 10.0. The molecule has 3 aromatic rings. The van der Waals surface area contributed by atoms with Gasteiger partial charge in [-0.25, -0.2) is 4.79 Å². The van der Waals surface area contributed by atoms with Crippen molar-refractivity contribution in [2.24, 2.45) is 0 Å². The van der Waals surface area contributed by atoms with Crippen molar-refractivity contribution in [3.63, 3.8) is 0 Å². The molecule has 0 atom stereocenters. The largest absolute Gasteiger partial charge is 0.478 e. The maximum atomic E-state index is 12.6. The monoisotopic (exact) mass is 386 g/mol. The summed E-state index contributed by atoms with van der Waals surface area (Å²) >= 11 is 0. The molecular weight excluding hydrogens is 372 g/mol. The van der Waals surface area contributed by atoms with Crippen molar-refractivity contribution in [2.75, 3.05) is 11.1 Å². The average Bonchev–Trinajstić information content (AvgIpc) is 2.60. The van der Waals surface area contributed by atoms with Crippen molar-refractivity contribution in [2.45, 2.75) is 4.90 Å². The molecule has 138 valence electrons. The molecule has 0 aliphatic carbocycles.